The number of anilines is 1. The summed E-state index contributed by atoms with van der Waals surface area (Å²) in [6, 6.07) is 12.1. The number of sulfonamides is 1. The lowest BCUT2D eigenvalue weighted by Gasteiger charge is -2.14. The molecule has 0 aliphatic carbocycles. The Hall–Kier alpha value is -3.04. The Morgan fingerprint density at radius 1 is 1.07 bits per heavy atom. The van der Waals surface area contributed by atoms with Crippen LogP contribution in [0.5, 0.6) is 5.75 Å². The number of pyridine rings is 1. The van der Waals surface area contributed by atoms with E-state index in [1.54, 1.807) is 35.8 Å². The van der Waals surface area contributed by atoms with E-state index in [2.05, 4.69) is 14.7 Å². The van der Waals surface area contributed by atoms with Gasteiger partial charge < -0.3 is 4.74 Å². The topological polar surface area (TPSA) is 81.2 Å². The lowest BCUT2D eigenvalue weighted by molar-refractivity contribution is 0.304. The minimum absolute atomic E-state index is 0.00144. The summed E-state index contributed by atoms with van der Waals surface area (Å²) in [5.41, 5.74) is 2.72. The molecule has 6 nitrogen and oxygen atoms in total. The second-order valence-corrected chi connectivity index (χ2v) is 8.18. The van der Waals surface area contributed by atoms with Crippen LogP contribution in [0.1, 0.15) is 5.69 Å². The maximum absolute atomic E-state index is 14.0. The van der Waals surface area contributed by atoms with Crippen molar-refractivity contribution in [3.05, 3.63) is 77.1 Å². The van der Waals surface area contributed by atoms with Crippen LogP contribution in [0.25, 0.3) is 10.9 Å². The highest BCUT2D eigenvalue weighted by Crippen LogP contribution is 2.30. The molecule has 0 saturated heterocycles. The largest absolute Gasteiger partial charge is 0.485 e. The Balaban J connectivity index is 1.67. The minimum Gasteiger partial charge on any atom is -0.485 e. The van der Waals surface area contributed by atoms with Gasteiger partial charge in [-0.05, 0) is 36.4 Å². The van der Waals surface area contributed by atoms with Gasteiger partial charge in [0.25, 0.3) is 10.0 Å². The third kappa shape index (κ3) is 3.67. The molecule has 4 rings (SSSR count). The van der Waals surface area contributed by atoms with E-state index in [1.165, 1.54) is 29.7 Å². The molecule has 0 amide bonds. The van der Waals surface area contributed by atoms with Crippen LogP contribution in [0, 0.1) is 5.82 Å². The van der Waals surface area contributed by atoms with Crippen molar-refractivity contribution in [2.24, 2.45) is 0 Å². The zero-order valence-corrected chi connectivity index (χ0v) is 16.0. The van der Waals surface area contributed by atoms with Crippen LogP contribution < -0.4 is 9.46 Å². The van der Waals surface area contributed by atoms with Crippen LogP contribution in [-0.4, -0.2) is 18.4 Å². The summed E-state index contributed by atoms with van der Waals surface area (Å²) in [6.07, 6.45) is 1.41. The van der Waals surface area contributed by atoms with E-state index in [1.807, 2.05) is 5.38 Å². The summed E-state index contributed by atoms with van der Waals surface area (Å²) in [6.45, 7) is 0.214. The number of hydrogen-bond acceptors (Lipinski definition) is 6. The molecule has 2 aromatic heterocycles. The number of aromatic nitrogens is 2. The summed E-state index contributed by atoms with van der Waals surface area (Å²) in [4.78, 5) is 8.01. The highest BCUT2D eigenvalue weighted by molar-refractivity contribution is 7.93. The Morgan fingerprint density at radius 3 is 2.75 bits per heavy atom. The summed E-state index contributed by atoms with van der Waals surface area (Å²) in [5.74, 6) is -0.217. The lowest BCUT2D eigenvalue weighted by Crippen LogP contribution is -2.14. The van der Waals surface area contributed by atoms with E-state index in [0.717, 1.165) is 11.8 Å². The molecule has 0 aliphatic heterocycles. The van der Waals surface area contributed by atoms with Gasteiger partial charge in [-0.1, -0.05) is 12.1 Å². The average Bonchev–Trinajstić information content (AvgIpc) is 3.21. The maximum Gasteiger partial charge on any atom is 0.262 e. The van der Waals surface area contributed by atoms with E-state index in [0.29, 0.717) is 5.75 Å². The van der Waals surface area contributed by atoms with Gasteiger partial charge in [-0.3, -0.25) is 9.71 Å². The fourth-order valence-electron chi connectivity index (χ4n) is 2.68. The van der Waals surface area contributed by atoms with Gasteiger partial charge in [0.2, 0.25) is 0 Å². The highest BCUT2D eigenvalue weighted by Gasteiger charge is 2.21. The van der Waals surface area contributed by atoms with Crippen LogP contribution >= 0.6 is 11.3 Å². The van der Waals surface area contributed by atoms with Crippen LogP contribution in [0.15, 0.2) is 70.5 Å². The molecular formula is C19H14FN3O3S2. The number of fused-ring (bicyclic) bond motifs is 1. The van der Waals surface area contributed by atoms with Gasteiger partial charge in [0.05, 0.1) is 21.8 Å². The van der Waals surface area contributed by atoms with Gasteiger partial charge in [0.15, 0.2) is 0 Å². The molecule has 0 fully saturated rings. The molecule has 142 valence electrons. The lowest BCUT2D eigenvalue weighted by atomic mass is 10.2. The van der Waals surface area contributed by atoms with Gasteiger partial charge in [-0.2, -0.15) is 0 Å². The van der Waals surface area contributed by atoms with Crippen molar-refractivity contribution in [2.75, 3.05) is 4.72 Å². The molecule has 9 heteroatoms. The van der Waals surface area contributed by atoms with Crippen molar-refractivity contribution >= 4 is 38.0 Å². The molecule has 0 saturated carbocycles. The predicted molar refractivity (Wildman–Crippen MR) is 105 cm³/mol. The molecule has 2 aromatic carbocycles. The Morgan fingerprint density at radius 2 is 1.93 bits per heavy atom. The number of rotatable bonds is 6. The predicted octanol–water partition coefficient (Wildman–Crippen LogP) is 4.21. The average molecular weight is 415 g/mol. The van der Waals surface area contributed by atoms with Gasteiger partial charge >= 0.3 is 0 Å². The first-order valence-corrected chi connectivity index (χ1v) is 10.6. The Labute approximate surface area is 164 Å². The second kappa shape index (κ2) is 7.53. The Bertz CT molecular complexity index is 1230. The van der Waals surface area contributed by atoms with Crippen LogP contribution in [0.4, 0.5) is 10.1 Å². The quantitative estimate of drug-likeness (QED) is 0.510. The number of halogens is 1. The summed E-state index contributed by atoms with van der Waals surface area (Å²) in [5, 5.41) is 2.06. The summed E-state index contributed by atoms with van der Waals surface area (Å²) >= 11 is 1.45. The van der Waals surface area contributed by atoms with Crippen molar-refractivity contribution in [1.82, 2.24) is 9.97 Å². The molecule has 1 N–H and O–H groups in total. The highest BCUT2D eigenvalue weighted by atomic mass is 32.2. The van der Waals surface area contributed by atoms with E-state index >= 15 is 0 Å². The SMILES string of the molecule is O=S(=O)(Nc1ccccc1OCc1cscn1)c1ccc(F)c2ncccc12. The van der Waals surface area contributed by atoms with Crippen molar-refractivity contribution in [3.8, 4) is 5.75 Å². The molecule has 28 heavy (non-hydrogen) atoms. The first kappa shape index (κ1) is 18.3. The van der Waals surface area contributed by atoms with E-state index in [9.17, 15) is 12.8 Å². The third-order valence-corrected chi connectivity index (χ3v) is 6.02. The third-order valence-electron chi connectivity index (χ3n) is 3.96. The standard InChI is InChI=1S/C19H14FN3O3S2/c20-15-7-8-18(14-4-3-9-21-19(14)15)28(24,25)23-16-5-1-2-6-17(16)26-10-13-11-27-12-22-13/h1-9,11-12,23H,10H2. The number of thiazole rings is 1. The van der Waals surface area contributed by atoms with Crippen molar-refractivity contribution < 1.29 is 17.5 Å². The van der Waals surface area contributed by atoms with Gasteiger partial charge in [0.1, 0.15) is 23.7 Å². The fraction of sp³-hybridized carbons (Fsp3) is 0.0526. The smallest absolute Gasteiger partial charge is 0.262 e. The number of para-hydroxylation sites is 2. The monoisotopic (exact) mass is 415 g/mol. The zero-order chi connectivity index (χ0) is 19.6. The van der Waals surface area contributed by atoms with Crippen LogP contribution in [0.2, 0.25) is 0 Å². The molecule has 0 bridgehead atoms. The van der Waals surface area contributed by atoms with Crippen molar-refractivity contribution in [2.45, 2.75) is 11.5 Å². The number of nitrogens with one attached hydrogen (secondary N) is 1. The van der Waals surface area contributed by atoms with Gasteiger partial charge in [0, 0.05) is 17.0 Å². The number of hydrogen-bond donors (Lipinski definition) is 1. The number of ether oxygens (including phenoxy) is 1. The zero-order valence-electron chi connectivity index (χ0n) is 14.4. The molecule has 2 heterocycles. The fourth-order valence-corrected chi connectivity index (χ4v) is 4.50. The molecule has 0 unspecified atom stereocenters. The van der Waals surface area contributed by atoms with E-state index in [4.69, 9.17) is 4.74 Å². The summed E-state index contributed by atoms with van der Waals surface area (Å²) < 4.78 is 48.2. The molecule has 0 radical (unpaired) electrons. The van der Waals surface area contributed by atoms with E-state index in [-0.39, 0.29) is 28.1 Å². The molecule has 0 spiro atoms. The maximum atomic E-state index is 14.0. The molecule has 4 aromatic rings. The Kier molecular flexibility index (Phi) is 4.93. The number of nitrogens with zero attached hydrogens (tertiary/aromatic N) is 2. The van der Waals surface area contributed by atoms with Crippen molar-refractivity contribution in [3.63, 3.8) is 0 Å². The minimum atomic E-state index is -4.00. The molecule has 0 aliphatic rings. The molecule has 0 atom stereocenters. The van der Waals surface area contributed by atoms with Crippen molar-refractivity contribution in [1.29, 1.82) is 0 Å². The normalized spacial score (nSPS) is 11.5. The van der Waals surface area contributed by atoms with E-state index < -0.39 is 15.8 Å². The number of benzene rings is 2. The van der Waals surface area contributed by atoms with Crippen LogP contribution in [-0.2, 0) is 16.6 Å². The molecular weight excluding hydrogens is 401 g/mol. The first-order valence-electron chi connectivity index (χ1n) is 8.19. The van der Waals surface area contributed by atoms with Gasteiger partial charge in [-0.15, -0.1) is 11.3 Å². The van der Waals surface area contributed by atoms with Crippen LogP contribution in [0.3, 0.4) is 0 Å². The second-order valence-electron chi connectivity index (χ2n) is 5.82. The summed E-state index contributed by atoms with van der Waals surface area (Å²) in [7, 11) is -4.00. The van der Waals surface area contributed by atoms with Gasteiger partial charge in [-0.25, -0.2) is 17.8 Å². The first-order chi connectivity index (χ1) is 13.5.